The van der Waals surface area contributed by atoms with Crippen molar-refractivity contribution in [1.29, 1.82) is 0 Å². The number of furan rings is 1. The maximum Gasteiger partial charge on any atom is 0.293 e. The molecule has 0 aliphatic heterocycles. The molecule has 3 heteroatoms. The molecular formula is C14H10NO2. The number of benzene rings is 1. The molecular weight excluding hydrogens is 214 g/mol. The minimum absolute atomic E-state index is 0.395. The Morgan fingerprint density at radius 1 is 1.12 bits per heavy atom. The fourth-order valence-electron chi connectivity index (χ4n) is 1.64. The maximum absolute atomic E-state index is 5.58. The molecule has 0 unspecified atom stereocenters. The lowest BCUT2D eigenvalue weighted by Gasteiger charge is -2.02. The van der Waals surface area contributed by atoms with Crippen LogP contribution in [0.4, 0.5) is 0 Å². The minimum atomic E-state index is 0.395. The number of nitrogens with zero attached hydrogens (tertiary/aromatic N) is 1. The van der Waals surface area contributed by atoms with Crippen molar-refractivity contribution in [2.45, 2.75) is 6.61 Å². The predicted octanol–water partition coefficient (Wildman–Crippen LogP) is 3.21. The monoisotopic (exact) mass is 224 g/mol. The van der Waals surface area contributed by atoms with Crippen molar-refractivity contribution >= 4 is 10.8 Å². The molecule has 0 amide bonds. The van der Waals surface area contributed by atoms with Crippen molar-refractivity contribution in [2.75, 3.05) is 0 Å². The number of rotatable bonds is 3. The van der Waals surface area contributed by atoms with Gasteiger partial charge in [0.15, 0.2) is 6.26 Å². The van der Waals surface area contributed by atoms with Gasteiger partial charge in [-0.2, -0.15) is 0 Å². The molecule has 83 valence electrons. The summed E-state index contributed by atoms with van der Waals surface area (Å²) in [4.78, 5) is 4.18. The Hall–Kier alpha value is -2.29. The van der Waals surface area contributed by atoms with Gasteiger partial charge in [-0.25, -0.2) is 0 Å². The second-order valence-electron chi connectivity index (χ2n) is 3.65. The molecule has 3 nitrogen and oxygen atoms in total. The summed E-state index contributed by atoms with van der Waals surface area (Å²) < 4.78 is 10.8. The van der Waals surface area contributed by atoms with E-state index in [4.69, 9.17) is 9.15 Å². The van der Waals surface area contributed by atoms with Crippen molar-refractivity contribution in [2.24, 2.45) is 0 Å². The molecule has 17 heavy (non-hydrogen) atoms. The van der Waals surface area contributed by atoms with E-state index in [9.17, 15) is 0 Å². The fraction of sp³-hybridized carbons (Fsp3) is 0.0714. The van der Waals surface area contributed by atoms with Crippen LogP contribution >= 0.6 is 0 Å². The van der Waals surface area contributed by atoms with E-state index >= 15 is 0 Å². The summed E-state index contributed by atoms with van der Waals surface area (Å²) in [5, 5.41) is 1.85. The highest BCUT2D eigenvalue weighted by Gasteiger charge is 2.07. The van der Waals surface area contributed by atoms with Gasteiger partial charge in [-0.1, -0.05) is 24.3 Å². The van der Waals surface area contributed by atoms with Crippen molar-refractivity contribution in [3.05, 3.63) is 60.6 Å². The summed E-state index contributed by atoms with van der Waals surface area (Å²) in [7, 11) is 0. The molecule has 1 aromatic carbocycles. The van der Waals surface area contributed by atoms with E-state index in [2.05, 4.69) is 11.2 Å². The van der Waals surface area contributed by atoms with E-state index in [1.165, 1.54) is 0 Å². The van der Waals surface area contributed by atoms with E-state index in [1.54, 1.807) is 6.20 Å². The first-order chi connectivity index (χ1) is 8.43. The lowest BCUT2D eigenvalue weighted by atomic mass is 10.2. The van der Waals surface area contributed by atoms with Crippen LogP contribution in [0.25, 0.3) is 10.8 Å². The van der Waals surface area contributed by atoms with Gasteiger partial charge in [-0.3, -0.25) is 4.98 Å². The summed E-state index contributed by atoms with van der Waals surface area (Å²) >= 11 is 0. The highest BCUT2D eigenvalue weighted by Crippen LogP contribution is 2.27. The maximum atomic E-state index is 5.58. The lowest BCUT2D eigenvalue weighted by molar-refractivity contribution is 0.232. The molecule has 3 aromatic rings. The molecule has 0 atom stereocenters. The van der Waals surface area contributed by atoms with Gasteiger partial charge >= 0.3 is 0 Å². The zero-order valence-corrected chi connectivity index (χ0v) is 9.09. The Balaban J connectivity index is 1.82. The molecule has 0 saturated carbocycles. The largest absolute Gasteiger partial charge is 0.458 e. The molecule has 0 bridgehead atoms. The molecule has 2 heterocycles. The highest BCUT2D eigenvalue weighted by molar-refractivity contribution is 5.85. The number of ether oxygens (including phenoxy) is 1. The number of pyridine rings is 1. The van der Waals surface area contributed by atoms with E-state index in [0.717, 1.165) is 16.5 Å². The third-order valence-electron chi connectivity index (χ3n) is 2.48. The molecule has 0 aliphatic carbocycles. The molecule has 0 saturated heterocycles. The van der Waals surface area contributed by atoms with Crippen LogP contribution in [0.2, 0.25) is 0 Å². The van der Waals surface area contributed by atoms with Gasteiger partial charge in [0.05, 0.1) is 11.1 Å². The average Bonchev–Trinajstić information content (AvgIpc) is 2.81. The van der Waals surface area contributed by atoms with Gasteiger partial charge in [-0.05, 0) is 18.2 Å². The molecule has 2 aromatic heterocycles. The van der Waals surface area contributed by atoms with Crippen molar-refractivity contribution in [3.63, 3.8) is 0 Å². The van der Waals surface area contributed by atoms with Crippen LogP contribution in [-0.4, -0.2) is 4.98 Å². The van der Waals surface area contributed by atoms with Gasteiger partial charge in [0.25, 0.3) is 5.95 Å². The third kappa shape index (κ3) is 1.99. The van der Waals surface area contributed by atoms with Gasteiger partial charge < -0.3 is 9.15 Å². The van der Waals surface area contributed by atoms with E-state index < -0.39 is 0 Å². The first kappa shape index (κ1) is 9.90. The second kappa shape index (κ2) is 4.29. The van der Waals surface area contributed by atoms with Gasteiger partial charge in [0.2, 0.25) is 0 Å². The average molecular weight is 224 g/mol. The standard InChI is InChI=1S/C14H10NO2/c1-2-7-13-11(5-1)9-16-14(13)17-10-12-6-3-4-8-15-12/h1-8H,10H2. The summed E-state index contributed by atoms with van der Waals surface area (Å²) in [5.74, 6) is 0.492. The van der Waals surface area contributed by atoms with Crippen LogP contribution in [0.1, 0.15) is 5.69 Å². The molecule has 3 rings (SSSR count). The number of fused-ring (bicyclic) bond motifs is 1. The van der Waals surface area contributed by atoms with Crippen LogP contribution in [-0.2, 0) is 6.61 Å². The SMILES string of the molecule is [c]1oc(OCc2ccccn2)c2ccccc12. The van der Waals surface area contributed by atoms with E-state index in [0.29, 0.717) is 12.6 Å². The first-order valence-corrected chi connectivity index (χ1v) is 5.35. The highest BCUT2D eigenvalue weighted by atomic mass is 16.6. The van der Waals surface area contributed by atoms with Gasteiger partial charge in [0.1, 0.15) is 6.61 Å². The van der Waals surface area contributed by atoms with Crippen molar-refractivity contribution in [1.82, 2.24) is 4.98 Å². The molecule has 1 radical (unpaired) electrons. The zero-order chi connectivity index (χ0) is 11.5. The molecule has 0 N–H and O–H groups in total. The van der Waals surface area contributed by atoms with Gasteiger partial charge in [-0.15, -0.1) is 0 Å². The minimum Gasteiger partial charge on any atom is -0.458 e. The summed E-state index contributed by atoms with van der Waals surface area (Å²) in [6.07, 6.45) is 4.55. The summed E-state index contributed by atoms with van der Waals surface area (Å²) in [5.41, 5.74) is 0.869. The Kier molecular flexibility index (Phi) is 2.50. The van der Waals surface area contributed by atoms with Crippen LogP contribution in [0.5, 0.6) is 5.95 Å². The first-order valence-electron chi connectivity index (χ1n) is 5.35. The van der Waals surface area contributed by atoms with Crippen molar-refractivity contribution < 1.29 is 9.15 Å². The normalized spacial score (nSPS) is 10.6. The molecule has 0 aliphatic rings. The third-order valence-corrected chi connectivity index (χ3v) is 2.48. The van der Waals surface area contributed by atoms with E-state index in [1.807, 2.05) is 42.5 Å². The van der Waals surface area contributed by atoms with Crippen LogP contribution < -0.4 is 4.74 Å². The fourth-order valence-corrected chi connectivity index (χ4v) is 1.64. The van der Waals surface area contributed by atoms with Gasteiger partial charge in [0, 0.05) is 11.6 Å². The lowest BCUT2D eigenvalue weighted by Crippen LogP contribution is -1.96. The Bertz CT molecular complexity index is 616. The second-order valence-corrected chi connectivity index (χ2v) is 3.65. The predicted molar refractivity (Wildman–Crippen MR) is 63.6 cm³/mol. The van der Waals surface area contributed by atoms with Crippen LogP contribution in [0.3, 0.4) is 0 Å². The van der Waals surface area contributed by atoms with Crippen LogP contribution in [0, 0.1) is 6.26 Å². The smallest absolute Gasteiger partial charge is 0.293 e. The zero-order valence-electron chi connectivity index (χ0n) is 9.09. The Morgan fingerprint density at radius 3 is 2.88 bits per heavy atom. The van der Waals surface area contributed by atoms with E-state index in [-0.39, 0.29) is 0 Å². The topological polar surface area (TPSA) is 35.3 Å². The quantitative estimate of drug-likeness (QED) is 0.685. The number of aromatic nitrogens is 1. The van der Waals surface area contributed by atoms with Crippen molar-refractivity contribution in [3.8, 4) is 5.95 Å². The van der Waals surface area contributed by atoms with Crippen LogP contribution in [0.15, 0.2) is 53.1 Å². The summed E-state index contributed by atoms with van der Waals surface area (Å²) in [6, 6.07) is 13.5. The molecule has 0 fully saturated rings. The number of hydrogen-bond acceptors (Lipinski definition) is 3. The Labute approximate surface area is 98.7 Å². The Morgan fingerprint density at radius 2 is 2.00 bits per heavy atom. The summed E-state index contributed by atoms with van der Waals surface area (Å²) in [6.45, 7) is 0.395. The molecule has 0 spiro atoms. The number of hydrogen-bond donors (Lipinski definition) is 0.